The smallest absolute Gasteiger partial charge is 0.189 e. The molecule has 0 bridgehead atoms. The first-order chi connectivity index (χ1) is 8.77. The SMILES string of the molecule is Cc1cccc(OCOCc2ccccc2)c1C. The fraction of sp³-hybridized carbons (Fsp3) is 0.250. The standard InChI is InChI=1S/C16H18O2/c1-13-7-6-10-16(14(13)2)18-12-17-11-15-8-4-3-5-9-15/h3-10H,11-12H2,1-2H3. The number of ether oxygens (including phenoxy) is 2. The second-order valence-corrected chi connectivity index (χ2v) is 4.29. The van der Waals surface area contributed by atoms with Crippen LogP contribution < -0.4 is 4.74 Å². The third-order valence-corrected chi connectivity index (χ3v) is 2.96. The minimum Gasteiger partial charge on any atom is -0.467 e. The first-order valence-electron chi connectivity index (χ1n) is 6.08. The summed E-state index contributed by atoms with van der Waals surface area (Å²) < 4.78 is 11.1. The Morgan fingerprint density at radius 1 is 0.889 bits per heavy atom. The van der Waals surface area contributed by atoms with E-state index in [-0.39, 0.29) is 6.79 Å². The van der Waals surface area contributed by atoms with Crippen LogP contribution in [0, 0.1) is 13.8 Å². The third-order valence-electron chi connectivity index (χ3n) is 2.96. The average molecular weight is 242 g/mol. The van der Waals surface area contributed by atoms with Crippen molar-refractivity contribution in [1.29, 1.82) is 0 Å². The van der Waals surface area contributed by atoms with Gasteiger partial charge in [-0.25, -0.2) is 0 Å². The van der Waals surface area contributed by atoms with Crippen LogP contribution in [0.2, 0.25) is 0 Å². The fourth-order valence-electron chi connectivity index (χ4n) is 1.72. The molecule has 94 valence electrons. The molecule has 0 amide bonds. The van der Waals surface area contributed by atoms with Gasteiger partial charge in [-0.15, -0.1) is 0 Å². The van der Waals surface area contributed by atoms with E-state index in [1.54, 1.807) is 0 Å². The lowest BCUT2D eigenvalue weighted by molar-refractivity contribution is 0.00465. The molecule has 0 atom stereocenters. The molecule has 2 nitrogen and oxygen atoms in total. The quantitative estimate of drug-likeness (QED) is 0.585. The highest BCUT2D eigenvalue weighted by atomic mass is 16.7. The Bertz CT molecular complexity index is 492. The first kappa shape index (κ1) is 12.7. The molecule has 0 saturated carbocycles. The largest absolute Gasteiger partial charge is 0.467 e. The van der Waals surface area contributed by atoms with Crippen molar-refractivity contribution in [2.24, 2.45) is 0 Å². The van der Waals surface area contributed by atoms with Gasteiger partial charge in [0.1, 0.15) is 5.75 Å². The van der Waals surface area contributed by atoms with Crippen LogP contribution in [0.25, 0.3) is 0 Å². The van der Waals surface area contributed by atoms with Crippen molar-refractivity contribution in [3.05, 3.63) is 65.2 Å². The maximum Gasteiger partial charge on any atom is 0.189 e. The van der Waals surface area contributed by atoms with Gasteiger partial charge in [-0.1, -0.05) is 42.5 Å². The van der Waals surface area contributed by atoms with E-state index in [1.165, 1.54) is 11.1 Å². The van der Waals surface area contributed by atoms with Crippen molar-refractivity contribution >= 4 is 0 Å². The van der Waals surface area contributed by atoms with Crippen LogP contribution in [-0.2, 0) is 11.3 Å². The van der Waals surface area contributed by atoms with E-state index in [2.05, 4.69) is 19.9 Å². The lowest BCUT2D eigenvalue weighted by atomic mass is 10.1. The molecule has 0 fully saturated rings. The van der Waals surface area contributed by atoms with Crippen molar-refractivity contribution in [3.8, 4) is 5.75 Å². The van der Waals surface area contributed by atoms with Crippen molar-refractivity contribution in [2.45, 2.75) is 20.5 Å². The zero-order chi connectivity index (χ0) is 12.8. The molecule has 0 unspecified atom stereocenters. The van der Waals surface area contributed by atoms with Crippen LogP contribution in [-0.4, -0.2) is 6.79 Å². The Morgan fingerprint density at radius 2 is 1.67 bits per heavy atom. The topological polar surface area (TPSA) is 18.5 Å². The zero-order valence-corrected chi connectivity index (χ0v) is 10.8. The van der Waals surface area contributed by atoms with E-state index in [9.17, 15) is 0 Å². The van der Waals surface area contributed by atoms with Gasteiger partial charge in [0.2, 0.25) is 0 Å². The molecule has 18 heavy (non-hydrogen) atoms. The van der Waals surface area contributed by atoms with Gasteiger partial charge in [-0.2, -0.15) is 0 Å². The fourth-order valence-corrected chi connectivity index (χ4v) is 1.72. The molecule has 2 rings (SSSR count). The molecular formula is C16H18O2. The Balaban J connectivity index is 1.81. The third kappa shape index (κ3) is 3.34. The molecule has 2 aromatic rings. The van der Waals surface area contributed by atoms with Crippen LogP contribution in [0.15, 0.2) is 48.5 Å². The van der Waals surface area contributed by atoms with Crippen LogP contribution in [0.3, 0.4) is 0 Å². The Hall–Kier alpha value is -1.80. The van der Waals surface area contributed by atoms with Crippen LogP contribution in [0.1, 0.15) is 16.7 Å². The van der Waals surface area contributed by atoms with Gasteiger partial charge >= 0.3 is 0 Å². The number of hydrogen-bond donors (Lipinski definition) is 0. The first-order valence-corrected chi connectivity index (χ1v) is 6.08. The number of benzene rings is 2. The highest BCUT2D eigenvalue weighted by Gasteiger charge is 2.01. The highest BCUT2D eigenvalue weighted by molar-refractivity contribution is 5.38. The summed E-state index contributed by atoms with van der Waals surface area (Å²) in [5.41, 5.74) is 3.55. The van der Waals surface area contributed by atoms with Gasteiger partial charge in [-0.3, -0.25) is 0 Å². The van der Waals surface area contributed by atoms with Crippen molar-refractivity contribution in [1.82, 2.24) is 0 Å². The van der Waals surface area contributed by atoms with Crippen LogP contribution in [0.4, 0.5) is 0 Å². The van der Waals surface area contributed by atoms with Crippen molar-refractivity contribution < 1.29 is 9.47 Å². The Morgan fingerprint density at radius 3 is 2.44 bits per heavy atom. The molecule has 0 aliphatic heterocycles. The van der Waals surface area contributed by atoms with Crippen LogP contribution >= 0.6 is 0 Å². The molecule has 2 heteroatoms. The minimum absolute atomic E-state index is 0.277. The summed E-state index contributed by atoms with van der Waals surface area (Å²) >= 11 is 0. The predicted molar refractivity (Wildman–Crippen MR) is 72.6 cm³/mol. The summed E-state index contributed by atoms with van der Waals surface area (Å²) in [5, 5.41) is 0. The van der Waals surface area contributed by atoms with Crippen molar-refractivity contribution in [3.63, 3.8) is 0 Å². The molecule has 0 heterocycles. The van der Waals surface area contributed by atoms with Gasteiger partial charge in [0.15, 0.2) is 6.79 Å². The summed E-state index contributed by atoms with van der Waals surface area (Å²) in [6.07, 6.45) is 0. The highest BCUT2D eigenvalue weighted by Crippen LogP contribution is 2.20. The summed E-state index contributed by atoms with van der Waals surface area (Å²) in [5.74, 6) is 0.892. The maximum atomic E-state index is 5.62. The average Bonchev–Trinajstić information content (AvgIpc) is 2.40. The predicted octanol–water partition coefficient (Wildman–Crippen LogP) is 3.86. The van der Waals surface area contributed by atoms with E-state index >= 15 is 0 Å². The maximum absolute atomic E-state index is 5.62. The number of rotatable bonds is 5. The lowest BCUT2D eigenvalue weighted by Gasteiger charge is -2.11. The molecule has 0 aromatic heterocycles. The Labute approximate surface area is 108 Å². The minimum atomic E-state index is 0.277. The molecule has 2 aromatic carbocycles. The van der Waals surface area contributed by atoms with E-state index < -0.39 is 0 Å². The van der Waals surface area contributed by atoms with Gasteiger partial charge in [0, 0.05) is 0 Å². The molecular weight excluding hydrogens is 224 g/mol. The van der Waals surface area contributed by atoms with Gasteiger partial charge in [-0.05, 0) is 36.6 Å². The van der Waals surface area contributed by atoms with E-state index in [4.69, 9.17) is 9.47 Å². The number of hydrogen-bond acceptors (Lipinski definition) is 2. The zero-order valence-electron chi connectivity index (χ0n) is 10.8. The molecule has 0 aliphatic carbocycles. The van der Waals surface area contributed by atoms with E-state index in [0.29, 0.717) is 6.61 Å². The molecule has 0 saturated heterocycles. The summed E-state index contributed by atoms with van der Waals surface area (Å²) in [6, 6.07) is 16.1. The van der Waals surface area contributed by atoms with E-state index in [0.717, 1.165) is 11.3 Å². The van der Waals surface area contributed by atoms with Crippen molar-refractivity contribution in [2.75, 3.05) is 6.79 Å². The normalized spacial score (nSPS) is 10.3. The molecule has 0 aliphatic rings. The summed E-state index contributed by atoms with van der Waals surface area (Å²) in [4.78, 5) is 0. The second kappa shape index (κ2) is 6.22. The lowest BCUT2D eigenvalue weighted by Crippen LogP contribution is -2.04. The number of aryl methyl sites for hydroxylation is 1. The Kier molecular flexibility index (Phi) is 4.37. The second-order valence-electron chi connectivity index (χ2n) is 4.29. The van der Waals surface area contributed by atoms with Gasteiger partial charge in [0.25, 0.3) is 0 Å². The van der Waals surface area contributed by atoms with Crippen LogP contribution in [0.5, 0.6) is 5.75 Å². The molecule has 0 spiro atoms. The van der Waals surface area contributed by atoms with Gasteiger partial charge in [0.05, 0.1) is 6.61 Å². The van der Waals surface area contributed by atoms with E-state index in [1.807, 2.05) is 42.5 Å². The molecule has 0 radical (unpaired) electrons. The monoisotopic (exact) mass is 242 g/mol. The van der Waals surface area contributed by atoms with Gasteiger partial charge < -0.3 is 9.47 Å². The summed E-state index contributed by atoms with van der Waals surface area (Å²) in [6.45, 7) is 4.99. The molecule has 0 N–H and O–H groups in total. The summed E-state index contributed by atoms with van der Waals surface area (Å²) in [7, 11) is 0.